The van der Waals surface area contributed by atoms with Crippen LogP contribution in [0.25, 0.3) is 0 Å². The molecule has 0 radical (unpaired) electrons. The number of hydrogen-bond acceptors (Lipinski definition) is 5. The van der Waals surface area contributed by atoms with Crippen LogP contribution < -0.4 is 0 Å². The van der Waals surface area contributed by atoms with Crippen LogP contribution in [0.4, 0.5) is 4.79 Å². The third-order valence-corrected chi connectivity index (χ3v) is 4.77. The Morgan fingerprint density at radius 3 is 2.24 bits per heavy atom. The molecule has 6 nitrogen and oxygen atoms in total. The van der Waals surface area contributed by atoms with E-state index in [-0.39, 0.29) is 24.2 Å². The lowest BCUT2D eigenvalue weighted by atomic mass is 9.66. The highest BCUT2D eigenvalue weighted by Gasteiger charge is 2.58. The maximum Gasteiger partial charge on any atom is 0.417 e. The van der Waals surface area contributed by atoms with E-state index in [1.165, 1.54) is 4.90 Å². The Kier molecular flexibility index (Phi) is 5.22. The fourth-order valence-corrected chi connectivity index (χ4v) is 3.85. The van der Waals surface area contributed by atoms with Crippen LogP contribution in [-0.4, -0.2) is 40.6 Å². The number of carbonyl (C=O) groups is 3. The van der Waals surface area contributed by atoms with Crippen LogP contribution in [0.1, 0.15) is 73.6 Å². The Balaban J connectivity index is 2.20. The summed E-state index contributed by atoms with van der Waals surface area (Å²) < 4.78 is 10.8. The Labute approximate surface area is 150 Å². The summed E-state index contributed by atoms with van der Waals surface area (Å²) in [4.78, 5) is 39.2. The number of likely N-dealkylation sites (tertiary alicyclic amines) is 1. The molecule has 0 aromatic heterocycles. The lowest BCUT2D eigenvalue weighted by Gasteiger charge is -2.36. The largest absolute Gasteiger partial charge is 0.460 e. The van der Waals surface area contributed by atoms with Gasteiger partial charge in [0.1, 0.15) is 11.2 Å². The van der Waals surface area contributed by atoms with Crippen molar-refractivity contribution in [2.75, 3.05) is 6.54 Å². The summed E-state index contributed by atoms with van der Waals surface area (Å²) in [5.41, 5.74) is -2.08. The Morgan fingerprint density at radius 2 is 1.68 bits per heavy atom. The monoisotopic (exact) mass is 353 g/mol. The van der Waals surface area contributed by atoms with Crippen molar-refractivity contribution < 1.29 is 23.9 Å². The van der Waals surface area contributed by atoms with Gasteiger partial charge < -0.3 is 9.47 Å². The number of carbonyl (C=O) groups excluding carboxylic acids is 3. The van der Waals surface area contributed by atoms with E-state index < -0.39 is 22.7 Å². The van der Waals surface area contributed by atoms with Crippen molar-refractivity contribution in [1.29, 1.82) is 0 Å². The van der Waals surface area contributed by atoms with Gasteiger partial charge in [-0.2, -0.15) is 0 Å². The fraction of sp³-hybridized carbons (Fsp3) is 0.842. The molecule has 6 heteroatoms. The van der Waals surface area contributed by atoms with E-state index in [1.54, 1.807) is 20.8 Å². The standard InChI is InChI=1S/C19H31NO5/c1-17(2,3)24-14(21)11-19-10-8-7-9-13(19)12-20(15(19)22)16(23)25-18(4,5)6/h13H,7-12H2,1-6H3/t13-,19+/m1/s1. The molecule has 0 unspecified atom stereocenters. The van der Waals surface area contributed by atoms with Crippen LogP contribution in [0.3, 0.4) is 0 Å². The van der Waals surface area contributed by atoms with E-state index in [4.69, 9.17) is 9.47 Å². The van der Waals surface area contributed by atoms with Crippen LogP contribution in [0.15, 0.2) is 0 Å². The van der Waals surface area contributed by atoms with Crippen molar-refractivity contribution in [2.45, 2.75) is 84.8 Å². The third kappa shape index (κ3) is 4.53. The average molecular weight is 353 g/mol. The van der Waals surface area contributed by atoms with Crippen molar-refractivity contribution in [2.24, 2.45) is 11.3 Å². The molecule has 0 aromatic rings. The van der Waals surface area contributed by atoms with Gasteiger partial charge in [-0.1, -0.05) is 12.8 Å². The molecule has 2 fully saturated rings. The number of nitrogens with zero attached hydrogens (tertiary/aromatic N) is 1. The van der Waals surface area contributed by atoms with Crippen LogP contribution in [0, 0.1) is 11.3 Å². The third-order valence-electron chi connectivity index (χ3n) is 4.77. The van der Waals surface area contributed by atoms with E-state index in [9.17, 15) is 14.4 Å². The maximum atomic E-state index is 13.1. The first-order valence-electron chi connectivity index (χ1n) is 9.11. The van der Waals surface area contributed by atoms with Gasteiger partial charge in [0.2, 0.25) is 5.91 Å². The van der Waals surface area contributed by atoms with Gasteiger partial charge in [-0.15, -0.1) is 0 Å². The van der Waals surface area contributed by atoms with Gasteiger partial charge in [0.15, 0.2) is 0 Å². The number of ether oxygens (including phenoxy) is 2. The second-order valence-electron chi connectivity index (χ2n) is 9.26. The number of rotatable bonds is 2. The van der Waals surface area contributed by atoms with Crippen molar-refractivity contribution >= 4 is 18.0 Å². The van der Waals surface area contributed by atoms with Gasteiger partial charge >= 0.3 is 12.1 Å². The smallest absolute Gasteiger partial charge is 0.417 e. The average Bonchev–Trinajstić information content (AvgIpc) is 2.68. The molecular weight excluding hydrogens is 322 g/mol. The summed E-state index contributed by atoms with van der Waals surface area (Å²) in [7, 11) is 0. The Morgan fingerprint density at radius 1 is 1.08 bits per heavy atom. The highest BCUT2D eigenvalue weighted by molar-refractivity contribution is 5.99. The Bertz CT molecular complexity index is 557. The van der Waals surface area contributed by atoms with E-state index >= 15 is 0 Å². The second-order valence-corrected chi connectivity index (χ2v) is 9.26. The molecule has 0 bridgehead atoms. The molecule has 2 rings (SSSR count). The molecule has 1 heterocycles. The zero-order valence-electron chi connectivity index (χ0n) is 16.3. The minimum Gasteiger partial charge on any atom is -0.460 e. The fourth-order valence-electron chi connectivity index (χ4n) is 3.85. The number of hydrogen-bond donors (Lipinski definition) is 0. The first kappa shape index (κ1) is 19.7. The van der Waals surface area contributed by atoms with Gasteiger partial charge in [-0.3, -0.25) is 9.59 Å². The normalized spacial score (nSPS) is 27.0. The van der Waals surface area contributed by atoms with Gasteiger partial charge in [-0.25, -0.2) is 9.69 Å². The quantitative estimate of drug-likeness (QED) is 0.708. The summed E-state index contributed by atoms with van der Waals surface area (Å²) >= 11 is 0. The summed E-state index contributed by atoms with van der Waals surface area (Å²) in [6, 6.07) is 0. The van der Waals surface area contributed by atoms with Crippen LogP contribution in [-0.2, 0) is 19.1 Å². The molecule has 142 valence electrons. The summed E-state index contributed by atoms with van der Waals surface area (Å²) in [6.07, 6.45) is 2.77. The number of imide groups is 1. The molecule has 2 aliphatic rings. The van der Waals surface area contributed by atoms with Crippen molar-refractivity contribution in [3.05, 3.63) is 0 Å². The predicted octanol–water partition coefficient (Wildman–Crippen LogP) is 3.67. The van der Waals surface area contributed by atoms with E-state index in [1.807, 2.05) is 20.8 Å². The summed E-state index contributed by atoms with van der Waals surface area (Å²) in [6.45, 7) is 11.1. The van der Waals surface area contributed by atoms with Gasteiger partial charge in [0, 0.05) is 6.54 Å². The zero-order chi connectivity index (χ0) is 19.0. The first-order valence-corrected chi connectivity index (χ1v) is 9.11. The molecule has 1 aliphatic carbocycles. The van der Waals surface area contributed by atoms with E-state index in [2.05, 4.69) is 0 Å². The molecule has 1 aliphatic heterocycles. The molecule has 0 N–H and O–H groups in total. The lowest BCUT2D eigenvalue weighted by Crippen LogP contribution is -2.44. The molecular formula is C19H31NO5. The minimum absolute atomic E-state index is 0.00575. The van der Waals surface area contributed by atoms with E-state index in [0.29, 0.717) is 13.0 Å². The SMILES string of the molecule is CC(C)(C)OC(=O)C[C@@]12CCCC[C@@H]1CN(C(=O)OC(C)(C)C)C2=O. The van der Waals surface area contributed by atoms with Crippen LogP contribution >= 0.6 is 0 Å². The van der Waals surface area contributed by atoms with Crippen LogP contribution in [0.2, 0.25) is 0 Å². The molecule has 2 amide bonds. The molecule has 25 heavy (non-hydrogen) atoms. The lowest BCUT2D eigenvalue weighted by molar-refractivity contribution is -0.162. The first-order chi connectivity index (χ1) is 11.3. The number of fused-ring (bicyclic) bond motifs is 1. The van der Waals surface area contributed by atoms with Gasteiger partial charge in [0.25, 0.3) is 0 Å². The van der Waals surface area contributed by atoms with Crippen molar-refractivity contribution in [3.8, 4) is 0 Å². The Hall–Kier alpha value is -1.59. The molecule has 0 spiro atoms. The highest BCUT2D eigenvalue weighted by atomic mass is 16.6. The minimum atomic E-state index is -0.822. The predicted molar refractivity (Wildman–Crippen MR) is 92.8 cm³/mol. The van der Waals surface area contributed by atoms with E-state index in [0.717, 1.165) is 19.3 Å². The summed E-state index contributed by atoms with van der Waals surface area (Å²) in [5, 5.41) is 0. The molecule has 2 atom stereocenters. The van der Waals surface area contributed by atoms with Gasteiger partial charge in [0.05, 0.1) is 11.8 Å². The zero-order valence-corrected chi connectivity index (χ0v) is 16.3. The number of amides is 2. The molecule has 1 saturated carbocycles. The number of esters is 1. The maximum absolute atomic E-state index is 13.1. The second kappa shape index (κ2) is 6.61. The topological polar surface area (TPSA) is 72.9 Å². The molecule has 1 saturated heterocycles. The van der Waals surface area contributed by atoms with Crippen molar-refractivity contribution in [1.82, 2.24) is 4.90 Å². The highest BCUT2D eigenvalue weighted by Crippen LogP contribution is 2.50. The van der Waals surface area contributed by atoms with Crippen LogP contribution in [0.5, 0.6) is 0 Å². The summed E-state index contributed by atoms with van der Waals surface area (Å²) in [5.74, 6) is -0.662. The molecule has 0 aromatic carbocycles. The van der Waals surface area contributed by atoms with Gasteiger partial charge in [-0.05, 0) is 60.3 Å². The van der Waals surface area contributed by atoms with Crippen molar-refractivity contribution in [3.63, 3.8) is 0 Å².